The molecule has 0 atom stereocenters. The summed E-state index contributed by atoms with van der Waals surface area (Å²) in [5.74, 6) is 0.0526. The SMILES string of the molecule is Cc1c(O)ccc(Cl)c1C(=O)S. The van der Waals surface area contributed by atoms with Crippen LogP contribution >= 0.6 is 24.2 Å². The Balaban J connectivity index is 3.43. The zero-order valence-corrected chi connectivity index (χ0v) is 7.99. The highest BCUT2D eigenvalue weighted by molar-refractivity contribution is 7.97. The van der Waals surface area contributed by atoms with Crippen LogP contribution in [0, 0.1) is 6.92 Å². The normalized spacial score (nSPS) is 9.92. The molecule has 4 heteroatoms. The van der Waals surface area contributed by atoms with Crippen LogP contribution in [-0.2, 0) is 0 Å². The standard InChI is InChI=1S/C8H7ClO2S/c1-4-6(10)3-2-5(9)7(4)8(11)12/h2-3,10H,1H3,(H,11,12). The Morgan fingerprint density at radius 2 is 2.17 bits per heavy atom. The van der Waals surface area contributed by atoms with Gasteiger partial charge in [0.1, 0.15) is 5.75 Å². The van der Waals surface area contributed by atoms with Gasteiger partial charge in [-0.05, 0) is 19.1 Å². The van der Waals surface area contributed by atoms with Crippen molar-refractivity contribution >= 4 is 29.3 Å². The fraction of sp³-hybridized carbons (Fsp3) is 0.125. The second kappa shape index (κ2) is 3.37. The van der Waals surface area contributed by atoms with Crippen molar-refractivity contribution in [2.24, 2.45) is 0 Å². The van der Waals surface area contributed by atoms with Crippen LogP contribution in [0.15, 0.2) is 12.1 Å². The molecule has 0 aliphatic carbocycles. The molecule has 0 saturated carbocycles. The van der Waals surface area contributed by atoms with Gasteiger partial charge < -0.3 is 5.11 Å². The van der Waals surface area contributed by atoms with Gasteiger partial charge in [-0.3, -0.25) is 4.79 Å². The molecule has 0 radical (unpaired) electrons. The minimum absolute atomic E-state index is 0.0526. The molecule has 0 fully saturated rings. The Hall–Kier alpha value is -0.670. The third-order valence-corrected chi connectivity index (χ3v) is 2.14. The Kier molecular flexibility index (Phi) is 2.65. The molecule has 1 rings (SSSR count). The third-order valence-electron chi connectivity index (χ3n) is 1.60. The second-order valence-corrected chi connectivity index (χ2v) is 3.19. The highest BCUT2D eigenvalue weighted by atomic mass is 35.5. The van der Waals surface area contributed by atoms with Gasteiger partial charge in [0, 0.05) is 5.56 Å². The molecule has 1 aromatic rings. The van der Waals surface area contributed by atoms with E-state index in [1.165, 1.54) is 12.1 Å². The first-order chi connectivity index (χ1) is 5.54. The van der Waals surface area contributed by atoms with Gasteiger partial charge in [0.05, 0.1) is 10.6 Å². The van der Waals surface area contributed by atoms with E-state index in [4.69, 9.17) is 11.6 Å². The predicted molar refractivity (Wildman–Crippen MR) is 51.2 cm³/mol. The van der Waals surface area contributed by atoms with Crippen LogP contribution in [0.4, 0.5) is 0 Å². The number of thiol groups is 1. The molecule has 64 valence electrons. The first-order valence-corrected chi connectivity index (χ1v) is 4.08. The molecule has 0 saturated heterocycles. The van der Waals surface area contributed by atoms with Crippen molar-refractivity contribution in [1.29, 1.82) is 0 Å². The van der Waals surface area contributed by atoms with Crippen LogP contribution in [0.1, 0.15) is 15.9 Å². The fourth-order valence-corrected chi connectivity index (χ4v) is 1.57. The summed E-state index contributed by atoms with van der Waals surface area (Å²) in [4.78, 5) is 10.9. The van der Waals surface area contributed by atoms with Gasteiger partial charge in [0.25, 0.3) is 0 Å². The molecule has 0 spiro atoms. The molecular weight excluding hydrogens is 196 g/mol. The van der Waals surface area contributed by atoms with Gasteiger partial charge in [0.15, 0.2) is 0 Å². The first-order valence-electron chi connectivity index (χ1n) is 3.25. The van der Waals surface area contributed by atoms with Crippen LogP contribution in [0.2, 0.25) is 5.02 Å². The molecular formula is C8H7ClO2S. The molecule has 0 bridgehead atoms. The van der Waals surface area contributed by atoms with E-state index in [2.05, 4.69) is 12.6 Å². The average Bonchev–Trinajstić information content (AvgIpc) is 1.97. The zero-order valence-electron chi connectivity index (χ0n) is 6.34. The van der Waals surface area contributed by atoms with Crippen LogP contribution in [0.25, 0.3) is 0 Å². The van der Waals surface area contributed by atoms with Crippen molar-refractivity contribution in [3.63, 3.8) is 0 Å². The summed E-state index contributed by atoms with van der Waals surface area (Å²) in [6, 6.07) is 2.91. The van der Waals surface area contributed by atoms with Crippen molar-refractivity contribution in [3.8, 4) is 5.75 Å². The summed E-state index contributed by atoms with van der Waals surface area (Å²) in [6.07, 6.45) is 0. The number of benzene rings is 1. The number of halogens is 1. The van der Waals surface area contributed by atoms with E-state index in [1.54, 1.807) is 6.92 Å². The summed E-state index contributed by atoms with van der Waals surface area (Å²) in [6.45, 7) is 1.62. The molecule has 0 aromatic heterocycles. The highest BCUT2D eigenvalue weighted by Crippen LogP contribution is 2.27. The Bertz CT molecular complexity index is 336. The van der Waals surface area contributed by atoms with Gasteiger partial charge in [-0.15, -0.1) is 12.6 Å². The predicted octanol–water partition coefficient (Wildman–Crippen LogP) is 2.42. The van der Waals surface area contributed by atoms with Crippen molar-refractivity contribution in [3.05, 3.63) is 28.3 Å². The van der Waals surface area contributed by atoms with Gasteiger partial charge in [0.2, 0.25) is 5.12 Å². The van der Waals surface area contributed by atoms with Crippen molar-refractivity contribution in [1.82, 2.24) is 0 Å². The largest absolute Gasteiger partial charge is 0.508 e. The molecule has 0 aliphatic rings. The maximum absolute atomic E-state index is 10.9. The third kappa shape index (κ3) is 1.57. The van der Waals surface area contributed by atoms with Gasteiger partial charge in [-0.25, -0.2) is 0 Å². The van der Waals surface area contributed by atoms with Crippen molar-refractivity contribution in [2.75, 3.05) is 0 Å². The number of phenols is 1. The molecule has 12 heavy (non-hydrogen) atoms. The number of rotatable bonds is 1. The van der Waals surface area contributed by atoms with E-state index < -0.39 is 5.12 Å². The quantitative estimate of drug-likeness (QED) is 0.687. The summed E-state index contributed by atoms with van der Waals surface area (Å²) < 4.78 is 0. The molecule has 2 nitrogen and oxygen atoms in total. The molecule has 1 N–H and O–H groups in total. The van der Waals surface area contributed by atoms with Gasteiger partial charge in [-0.2, -0.15) is 0 Å². The highest BCUT2D eigenvalue weighted by Gasteiger charge is 2.12. The maximum Gasteiger partial charge on any atom is 0.218 e. The lowest BCUT2D eigenvalue weighted by Gasteiger charge is -2.05. The lowest BCUT2D eigenvalue weighted by Crippen LogP contribution is -1.94. The average molecular weight is 203 g/mol. The van der Waals surface area contributed by atoms with Crippen LogP contribution in [-0.4, -0.2) is 10.2 Å². The Morgan fingerprint density at radius 1 is 1.58 bits per heavy atom. The van der Waals surface area contributed by atoms with Crippen LogP contribution < -0.4 is 0 Å². The summed E-state index contributed by atoms with van der Waals surface area (Å²) in [7, 11) is 0. The van der Waals surface area contributed by atoms with Crippen molar-refractivity contribution in [2.45, 2.75) is 6.92 Å². The molecule has 1 aromatic carbocycles. The van der Waals surface area contributed by atoms with Crippen molar-refractivity contribution < 1.29 is 9.90 Å². The molecule has 0 aliphatic heterocycles. The lowest BCUT2D eigenvalue weighted by molar-refractivity contribution is 0.109. The molecule has 0 amide bonds. The number of aromatic hydroxyl groups is 1. The molecule has 0 heterocycles. The van der Waals surface area contributed by atoms with E-state index >= 15 is 0 Å². The van der Waals surface area contributed by atoms with E-state index in [9.17, 15) is 9.90 Å². The van der Waals surface area contributed by atoms with E-state index in [1.807, 2.05) is 0 Å². The van der Waals surface area contributed by atoms with Crippen LogP contribution in [0.3, 0.4) is 0 Å². The lowest BCUT2D eigenvalue weighted by atomic mass is 10.1. The number of carbonyl (C=O) groups excluding carboxylic acids is 1. The number of hydrogen-bond donors (Lipinski definition) is 2. The number of carbonyl (C=O) groups is 1. The maximum atomic E-state index is 10.9. The zero-order chi connectivity index (χ0) is 9.30. The fourth-order valence-electron chi connectivity index (χ4n) is 0.930. The minimum atomic E-state index is -0.437. The van der Waals surface area contributed by atoms with Crippen LogP contribution in [0.5, 0.6) is 5.75 Å². The van der Waals surface area contributed by atoms with Gasteiger partial charge in [-0.1, -0.05) is 11.6 Å². The van der Waals surface area contributed by atoms with Gasteiger partial charge >= 0.3 is 0 Å². The van der Waals surface area contributed by atoms with E-state index in [0.29, 0.717) is 10.6 Å². The van der Waals surface area contributed by atoms with E-state index in [-0.39, 0.29) is 11.3 Å². The number of hydrogen-bond acceptors (Lipinski definition) is 2. The smallest absolute Gasteiger partial charge is 0.218 e. The summed E-state index contributed by atoms with van der Waals surface area (Å²) >= 11 is 9.36. The topological polar surface area (TPSA) is 37.3 Å². The summed E-state index contributed by atoms with van der Waals surface area (Å²) in [5.41, 5.74) is 0.725. The van der Waals surface area contributed by atoms with E-state index in [0.717, 1.165) is 0 Å². The minimum Gasteiger partial charge on any atom is -0.508 e. The Morgan fingerprint density at radius 3 is 2.58 bits per heavy atom. The Labute approximate surface area is 80.6 Å². The molecule has 0 unspecified atom stereocenters. The second-order valence-electron chi connectivity index (χ2n) is 2.37. The summed E-state index contributed by atoms with van der Waals surface area (Å²) in [5, 5.41) is 9.10. The first kappa shape index (κ1) is 9.42. The number of phenolic OH excluding ortho intramolecular Hbond substituents is 1. The monoisotopic (exact) mass is 202 g/mol.